The van der Waals surface area contributed by atoms with Crippen LogP contribution in [0.5, 0.6) is 11.5 Å². The SMILES string of the molecule is CC(C)(C)NC(=O)Oc1c[nH]c2ncc(-c3nn(CC4CC4)c4ccc(OC(F)F)cc34)nc12. The van der Waals surface area contributed by atoms with Crippen molar-refractivity contribution in [1.29, 1.82) is 0 Å². The molecule has 34 heavy (non-hydrogen) atoms. The molecule has 0 radical (unpaired) electrons. The van der Waals surface area contributed by atoms with E-state index in [2.05, 4.69) is 25.0 Å². The number of aromatic nitrogens is 5. The van der Waals surface area contributed by atoms with Crippen molar-refractivity contribution in [2.75, 3.05) is 0 Å². The number of aromatic amines is 1. The lowest BCUT2D eigenvalue weighted by Gasteiger charge is -2.19. The molecule has 2 N–H and O–H groups in total. The highest BCUT2D eigenvalue weighted by molar-refractivity contribution is 5.94. The average Bonchev–Trinajstić information content (AvgIpc) is 3.38. The van der Waals surface area contributed by atoms with Gasteiger partial charge < -0.3 is 19.8 Å². The van der Waals surface area contributed by atoms with Crippen LogP contribution >= 0.6 is 0 Å². The van der Waals surface area contributed by atoms with Crippen molar-refractivity contribution in [1.82, 2.24) is 30.0 Å². The van der Waals surface area contributed by atoms with Crippen molar-refractivity contribution in [3.8, 4) is 22.9 Å². The number of carbonyl (C=O) groups excluding carboxylic acids is 1. The maximum atomic E-state index is 12.8. The molecule has 0 saturated heterocycles. The molecule has 0 atom stereocenters. The van der Waals surface area contributed by atoms with Gasteiger partial charge in [0, 0.05) is 23.7 Å². The van der Waals surface area contributed by atoms with Crippen LogP contribution in [0.25, 0.3) is 33.5 Å². The van der Waals surface area contributed by atoms with Crippen LogP contribution in [0.2, 0.25) is 0 Å². The van der Waals surface area contributed by atoms with E-state index in [-0.39, 0.29) is 11.5 Å². The highest BCUT2D eigenvalue weighted by Crippen LogP contribution is 2.36. The Bertz CT molecular complexity index is 1370. The van der Waals surface area contributed by atoms with E-state index in [1.165, 1.54) is 18.3 Å². The second kappa shape index (κ2) is 8.23. The van der Waals surface area contributed by atoms with Crippen molar-refractivity contribution < 1.29 is 23.0 Å². The molecule has 4 aromatic rings. The first-order valence-electron chi connectivity index (χ1n) is 11.0. The molecular formula is C23H24F2N6O3. The molecule has 0 bridgehead atoms. The van der Waals surface area contributed by atoms with Gasteiger partial charge >= 0.3 is 12.7 Å². The number of nitrogens with one attached hydrogen (secondary N) is 2. The van der Waals surface area contributed by atoms with Crippen molar-refractivity contribution >= 4 is 28.2 Å². The Labute approximate surface area is 193 Å². The molecule has 1 aliphatic rings. The number of fused-ring (bicyclic) bond motifs is 2. The molecule has 1 aromatic carbocycles. The number of amides is 1. The van der Waals surface area contributed by atoms with Crippen molar-refractivity contribution in [3.63, 3.8) is 0 Å². The first-order chi connectivity index (χ1) is 16.2. The maximum absolute atomic E-state index is 12.8. The molecule has 1 aliphatic carbocycles. The summed E-state index contributed by atoms with van der Waals surface area (Å²) in [5.74, 6) is 0.801. The summed E-state index contributed by atoms with van der Waals surface area (Å²) in [5.41, 5.74) is 2.02. The fourth-order valence-corrected chi connectivity index (χ4v) is 3.70. The molecule has 0 unspecified atom stereocenters. The summed E-state index contributed by atoms with van der Waals surface area (Å²) in [6.45, 7) is 3.33. The number of nitrogens with zero attached hydrogens (tertiary/aromatic N) is 4. The molecular weight excluding hydrogens is 446 g/mol. The minimum absolute atomic E-state index is 0.0354. The Morgan fingerprint density at radius 3 is 2.82 bits per heavy atom. The van der Waals surface area contributed by atoms with Gasteiger partial charge in [0.2, 0.25) is 0 Å². The molecule has 1 amide bonds. The fourth-order valence-electron chi connectivity index (χ4n) is 3.70. The van der Waals surface area contributed by atoms with Crippen molar-refractivity contribution in [2.24, 2.45) is 5.92 Å². The zero-order chi connectivity index (χ0) is 24.0. The summed E-state index contributed by atoms with van der Waals surface area (Å²) in [6.07, 6.45) is 4.70. The van der Waals surface area contributed by atoms with Crippen molar-refractivity contribution in [3.05, 3.63) is 30.6 Å². The first-order valence-corrected chi connectivity index (χ1v) is 11.0. The number of halogens is 2. The number of H-pyrrole nitrogens is 1. The molecule has 9 nitrogen and oxygen atoms in total. The van der Waals surface area contributed by atoms with E-state index >= 15 is 0 Å². The Balaban J connectivity index is 1.56. The Morgan fingerprint density at radius 2 is 2.12 bits per heavy atom. The number of alkyl halides is 2. The normalized spacial score (nSPS) is 14.2. The van der Waals surface area contributed by atoms with Crippen molar-refractivity contribution in [2.45, 2.75) is 52.3 Å². The van der Waals surface area contributed by atoms with Crippen LogP contribution in [-0.2, 0) is 6.54 Å². The molecule has 1 fully saturated rings. The molecule has 178 valence electrons. The van der Waals surface area contributed by atoms with Gasteiger partial charge in [-0.1, -0.05) is 0 Å². The Morgan fingerprint density at radius 1 is 1.32 bits per heavy atom. The summed E-state index contributed by atoms with van der Waals surface area (Å²) in [6, 6.07) is 4.76. The zero-order valence-corrected chi connectivity index (χ0v) is 18.9. The van der Waals surface area contributed by atoms with Gasteiger partial charge in [-0.25, -0.2) is 14.8 Å². The summed E-state index contributed by atoms with van der Waals surface area (Å²) in [5, 5.41) is 8.08. The monoisotopic (exact) mass is 470 g/mol. The lowest BCUT2D eigenvalue weighted by molar-refractivity contribution is -0.0497. The first kappa shape index (κ1) is 22.1. The average molecular weight is 470 g/mol. The van der Waals surface area contributed by atoms with Gasteiger partial charge in [0.05, 0.1) is 11.7 Å². The molecule has 11 heteroatoms. The van der Waals surface area contributed by atoms with E-state index in [1.807, 2.05) is 25.5 Å². The van der Waals surface area contributed by atoms with E-state index in [1.54, 1.807) is 12.3 Å². The second-order valence-electron chi connectivity index (χ2n) is 9.40. The van der Waals surface area contributed by atoms with Crippen LogP contribution in [0.4, 0.5) is 13.6 Å². The number of benzene rings is 1. The maximum Gasteiger partial charge on any atom is 0.413 e. The van der Waals surface area contributed by atoms with Crippen LogP contribution < -0.4 is 14.8 Å². The molecule has 0 spiro atoms. The quantitative estimate of drug-likeness (QED) is 0.416. The smallest absolute Gasteiger partial charge is 0.413 e. The third-order valence-corrected chi connectivity index (χ3v) is 5.34. The third-order valence-electron chi connectivity index (χ3n) is 5.34. The minimum atomic E-state index is -2.93. The predicted molar refractivity (Wildman–Crippen MR) is 121 cm³/mol. The molecule has 1 saturated carbocycles. The second-order valence-corrected chi connectivity index (χ2v) is 9.40. The summed E-state index contributed by atoms with van der Waals surface area (Å²) in [4.78, 5) is 24.2. The van der Waals surface area contributed by atoms with Crippen LogP contribution in [0.15, 0.2) is 30.6 Å². The molecule has 3 heterocycles. The van der Waals surface area contributed by atoms with E-state index < -0.39 is 18.2 Å². The van der Waals surface area contributed by atoms with Crippen LogP contribution in [0.1, 0.15) is 33.6 Å². The Hall–Kier alpha value is -3.76. The third kappa shape index (κ3) is 4.63. The topological polar surface area (TPSA) is 107 Å². The lowest BCUT2D eigenvalue weighted by atomic mass is 10.1. The highest BCUT2D eigenvalue weighted by Gasteiger charge is 2.25. The van der Waals surface area contributed by atoms with Gasteiger partial charge in [-0.3, -0.25) is 4.68 Å². The summed E-state index contributed by atoms with van der Waals surface area (Å²) in [7, 11) is 0. The lowest BCUT2D eigenvalue weighted by Crippen LogP contribution is -2.42. The molecule has 5 rings (SSSR count). The zero-order valence-electron chi connectivity index (χ0n) is 18.9. The van der Waals surface area contributed by atoms with E-state index in [0.29, 0.717) is 33.9 Å². The standard InChI is InChI=1S/C23H24F2N6O3/c1-23(2,3)29-22(32)34-17-10-27-20-19(17)28-15(9-26-20)18-14-8-13(33-21(24)25)6-7-16(14)31(30-18)11-12-4-5-12/h6-10,12,21H,4-5,11H2,1-3H3,(H,26,27)(H,29,32). The molecule has 0 aliphatic heterocycles. The summed E-state index contributed by atoms with van der Waals surface area (Å²) >= 11 is 0. The Kier molecular flexibility index (Phi) is 5.34. The minimum Gasteiger partial charge on any atom is -0.435 e. The largest absolute Gasteiger partial charge is 0.435 e. The van der Waals surface area contributed by atoms with E-state index in [4.69, 9.17) is 9.84 Å². The van der Waals surface area contributed by atoms with Gasteiger partial charge in [-0.05, 0) is 57.7 Å². The van der Waals surface area contributed by atoms with Crippen LogP contribution in [0.3, 0.4) is 0 Å². The summed E-state index contributed by atoms with van der Waals surface area (Å²) < 4.78 is 37.5. The fraction of sp³-hybridized carbons (Fsp3) is 0.391. The van der Waals surface area contributed by atoms with Gasteiger partial charge in [0.25, 0.3) is 0 Å². The highest BCUT2D eigenvalue weighted by atomic mass is 19.3. The van der Waals surface area contributed by atoms with Gasteiger partial charge in [0.1, 0.15) is 17.1 Å². The van der Waals surface area contributed by atoms with Crippen LogP contribution in [-0.4, -0.2) is 43.0 Å². The van der Waals surface area contributed by atoms with Gasteiger partial charge in [-0.15, -0.1) is 0 Å². The van der Waals surface area contributed by atoms with Crippen LogP contribution in [0, 0.1) is 5.92 Å². The van der Waals surface area contributed by atoms with E-state index in [0.717, 1.165) is 24.9 Å². The number of hydrogen-bond donors (Lipinski definition) is 2. The number of rotatable bonds is 6. The number of carbonyl (C=O) groups is 1. The number of ether oxygens (including phenoxy) is 2. The molecule has 3 aromatic heterocycles. The van der Waals surface area contributed by atoms with Gasteiger partial charge in [0.15, 0.2) is 16.9 Å². The predicted octanol–water partition coefficient (Wildman–Crippen LogP) is 4.87. The van der Waals surface area contributed by atoms with Gasteiger partial charge in [-0.2, -0.15) is 13.9 Å². The van der Waals surface area contributed by atoms with E-state index in [9.17, 15) is 13.6 Å². The number of hydrogen-bond acceptors (Lipinski definition) is 6.